The van der Waals surface area contributed by atoms with E-state index in [1.54, 1.807) is 18.2 Å². The van der Waals surface area contributed by atoms with Crippen molar-refractivity contribution in [3.63, 3.8) is 0 Å². The second-order valence-electron chi connectivity index (χ2n) is 6.11. The number of thiazole rings is 1. The lowest BCUT2D eigenvalue weighted by Gasteiger charge is -2.10. The number of nitrogens with one attached hydrogen (secondary N) is 1. The molecule has 0 spiro atoms. The molecule has 0 radical (unpaired) electrons. The molecule has 4 rings (SSSR count). The maximum absolute atomic E-state index is 13.1. The second kappa shape index (κ2) is 7.76. The van der Waals surface area contributed by atoms with Crippen LogP contribution in [0.4, 0.5) is 5.69 Å². The fourth-order valence-electron chi connectivity index (χ4n) is 2.97. The van der Waals surface area contributed by atoms with Gasteiger partial charge in [-0.3, -0.25) is 14.0 Å². The van der Waals surface area contributed by atoms with E-state index in [-0.39, 0.29) is 5.56 Å². The van der Waals surface area contributed by atoms with Crippen LogP contribution in [0.15, 0.2) is 64.9 Å². The number of ether oxygens (including phenoxy) is 2. The van der Waals surface area contributed by atoms with Gasteiger partial charge in [0.15, 0.2) is 16.5 Å². The maximum atomic E-state index is 13.1. The molecule has 0 bridgehead atoms. The van der Waals surface area contributed by atoms with E-state index in [1.165, 1.54) is 36.2 Å². The van der Waals surface area contributed by atoms with Crippen LogP contribution < -0.4 is 20.3 Å². The van der Waals surface area contributed by atoms with Crippen molar-refractivity contribution in [2.24, 2.45) is 0 Å². The van der Waals surface area contributed by atoms with Crippen LogP contribution in [-0.4, -0.2) is 29.5 Å². The summed E-state index contributed by atoms with van der Waals surface area (Å²) in [6.45, 7) is 0. The van der Waals surface area contributed by atoms with Crippen molar-refractivity contribution in [3.8, 4) is 22.8 Å². The third-order valence-electron chi connectivity index (χ3n) is 4.40. The van der Waals surface area contributed by atoms with Crippen molar-refractivity contribution in [3.05, 3.63) is 76.0 Å². The Bertz CT molecular complexity index is 1250. The first kappa shape index (κ1) is 18.7. The molecule has 0 aliphatic carbocycles. The molecule has 1 N–H and O–H groups in total. The van der Waals surface area contributed by atoms with Gasteiger partial charge in [0.25, 0.3) is 11.5 Å². The zero-order valence-corrected chi connectivity index (χ0v) is 16.5. The summed E-state index contributed by atoms with van der Waals surface area (Å²) < 4.78 is 11.9. The highest BCUT2D eigenvalue weighted by atomic mass is 32.1. The van der Waals surface area contributed by atoms with Crippen molar-refractivity contribution < 1.29 is 14.3 Å². The molecule has 4 aromatic rings. The molecule has 146 valence electrons. The van der Waals surface area contributed by atoms with Gasteiger partial charge < -0.3 is 14.8 Å². The summed E-state index contributed by atoms with van der Waals surface area (Å²) >= 11 is 1.35. The van der Waals surface area contributed by atoms with Crippen LogP contribution in [0.25, 0.3) is 16.2 Å². The number of benzene rings is 2. The molecule has 2 aromatic carbocycles. The van der Waals surface area contributed by atoms with E-state index in [0.29, 0.717) is 27.8 Å². The van der Waals surface area contributed by atoms with E-state index in [4.69, 9.17) is 9.47 Å². The lowest BCUT2D eigenvalue weighted by atomic mass is 10.2. The second-order valence-corrected chi connectivity index (χ2v) is 6.94. The lowest BCUT2D eigenvalue weighted by Crippen LogP contribution is -2.26. The van der Waals surface area contributed by atoms with Gasteiger partial charge in [-0.25, -0.2) is 4.98 Å². The zero-order valence-electron chi connectivity index (χ0n) is 15.7. The predicted molar refractivity (Wildman–Crippen MR) is 112 cm³/mol. The van der Waals surface area contributed by atoms with Gasteiger partial charge in [0, 0.05) is 23.3 Å². The molecule has 1 amide bonds. The standard InChI is InChI=1S/C21H17N3O4S/c1-27-17-9-8-14(10-18(17)28-2)23-19(25)15-11-22-21-24(20(15)26)16(12-29-21)13-6-4-3-5-7-13/h3-12H,1-2H3,(H,23,25). The van der Waals surface area contributed by atoms with Crippen molar-refractivity contribution in [1.29, 1.82) is 0 Å². The first-order valence-corrected chi connectivity index (χ1v) is 9.58. The lowest BCUT2D eigenvalue weighted by molar-refractivity contribution is 0.102. The number of rotatable bonds is 5. The van der Waals surface area contributed by atoms with Crippen LogP contribution in [0.5, 0.6) is 11.5 Å². The Kier molecular flexibility index (Phi) is 5.01. The zero-order chi connectivity index (χ0) is 20.4. The van der Waals surface area contributed by atoms with E-state index in [1.807, 2.05) is 35.7 Å². The van der Waals surface area contributed by atoms with Crippen LogP contribution in [0.2, 0.25) is 0 Å². The van der Waals surface area contributed by atoms with Crippen LogP contribution in [0, 0.1) is 0 Å². The monoisotopic (exact) mass is 407 g/mol. The molecule has 2 aromatic heterocycles. The van der Waals surface area contributed by atoms with Crippen molar-refractivity contribution in [1.82, 2.24) is 9.38 Å². The summed E-state index contributed by atoms with van der Waals surface area (Å²) in [6.07, 6.45) is 1.30. The van der Waals surface area contributed by atoms with Gasteiger partial charge in [0.1, 0.15) is 5.56 Å². The van der Waals surface area contributed by atoms with Crippen molar-refractivity contribution in [2.45, 2.75) is 0 Å². The first-order valence-electron chi connectivity index (χ1n) is 8.70. The Morgan fingerprint density at radius 3 is 2.55 bits per heavy atom. The number of anilines is 1. The van der Waals surface area contributed by atoms with Gasteiger partial charge in [-0.05, 0) is 17.7 Å². The van der Waals surface area contributed by atoms with E-state index >= 15 is 0 Å². The van der Waals surface area contributed by atoms with Crippen LogP contribution in [0.3, 0.4) is 0 Å². The van der Waals surface area contributed by atoms with Gasteiger partial charge >= 0.3 is 0 Å². The number of fused-ring (bicyclic) bond motifs is 1. The normalized spacial score (nSPS) is 10.7. The Morgan fingerprint density at radius 1 is 1.07 bits per heavy atom. The third kappa shape index (κ3) is 3.45. The molecule has 8 heteroatoms. The molecule has 0 saturated carbocycles. The molecular formula is C21H17N3O4S. The summed E-state index contributed by atoms with van der Waals surface area (Å²) in [5, 5.41) is 4.57. The van der Waals surface area contributed by atoms with E-state index in [2.05, 4.69) is 10.3 Å². The number of hydrogen-bond donors (Lipinski definition) is 1. The fourth-order valence-corrected chi connectivity index (χ4v) is 3.83. The van der Waals surface area contributed by atoms with Crippen molar-refractivity contribution >= 4 is 27.9 Å². The van der Waals surface area contributed by atoms with Crippen LogP contribution >= 0.6 is 11.3 Å². The highest BCUT2D eigenvalue weighted by molar-refractivity contribution is 7.15. The molecular weight excluding hydrogens is 390 g/mol. The van der Waals surface area contributed by atoms with E-state index in [0.717, 1.165) is 5.56 Å². The number of amides is 1. The highest BCUT2D eigenvalue weighted by Gasteiger charge is 2.18. The quantitative estimate of drug-likeness (QED) is 0.546. The molecule has 29 heavy (non-hydrogen) atoms. The number of carbonyl (C=O) groups is 1. The largest absolute Gasteiger partial charge is 0.493 e. The Morgan fingerprint density at radius 2 is 1.83 bits per heavy atom. The number of hydrogen-bond acceptors (Lipinski definition) is 6. The summed E-state index contributed by atoms with van der Waals surface area (Å²) in [7, 11) is 3.04. The maximum Gasteiger partial charge on any atom is 0.271 e. The molecule has 7 nitrogen and oxygen atoms in total. The highest BCUT2D eigenvalue weighted by Crippen LogP contribution is 2.30. The average molecular weight is 407 g/mol. The molecule has 0 aliphatic heterocycles. The molecule has 0 aliphatic rings. The number of carbonyl (C=O) groups excluding carboxylic acids is 1. The van der Waals surface area contributed by atoms with Crippen LogP contribution in [-0.2, 0) is 0 Å². The Hall–Kier alpha value is -3.65. The van der Waals surface area contributed by atoms with Crippen LogP contribution in [0.1, 0.15) is 10.4 Å². The third-order valence-corrected chi connectivity index (χ3v) is 5.24. The number of methoxy groups -OCH3 is 2. The minimum Gasteiger partial charge on any atom is -0.493 e. The van der Waals surface area contributed by atoms with Gasteiger partial charge in [-0.1, -0.05) is 30.3 Å². The summed E-state index contributed by atoms with van der Waals surface area (Å²) in [5.41, 5.74) is 1.58. The average Bonchev–Trinajstić information content (AvgIpc) is 3.19. The molecule has 0 fully saturated rings. The molecule has 0 atom stereocenters. The van der Waals surface area contributed by atoms with Gasteiger partial charge in [-0.15, -0.1) is 11.3 Å². The minimum atomic E-state index is -0.547. The smallest absolute Gasteiger partial charge is 0.271 e. The fraction of sp³-hybridized carbons (Fsp3) is 0.0952. The van der Waals surface area contributed by atoms with Gasteiger partial charge in [0.05, 0.1) is 19.9 Å². The topological polar surface area (TPSA) is 81.9 Å². The Labute approximate surface area is 170 Å². The summed E-state index contributed by atoms with van der Waals surface area (Å²) in [5.74, 6) is 0.466. The molecule has 2 heterocycles. The van der Waals surface area contributed by atoms with E-state index in [9.17, 15) is 9.59 Å². The predicted octanol–water partition coefficient (Wildman–Crippen LogP) is 3.69. The number of nitrogens with zero attached hydrogens (tertiary/aromatic N) is 2. The van der Waals surface area contributed by atoms with E-state index < -0.39 is 11.5 Å². The van der Waals surface area contributed by atoms with Crippen molar-refractivity contribution in [2.75, 3.05) is 19.5 Å². The SMILES string of the molecule is COc1ccc(NC(=O)c2cnc3scc(-c4ccccc4)n3c2=O)cc1OC. The van der Waals surface area contributed by atoms with Gasteiger partial charge in [0.2, 0.25) is 0 Å². The Balaban J connectivity index is 1.72. The summed E-state index contributed by atoms with van der Waals surface area (Å²) in [6, 6.07) is 14.5. The first-order chi connectivity index (χ1) is 14.1. The minimum absolute atomic E-state index is 0.0483. The summed E-state index contributed by atoms with van der Waals surface area (Å²) in [4.78, 5) is 30.6. The number of aromatic nitrogens is 2. The van der Waals surface area contributed by atoms with Gasteiger partial charge in [-0.2, -0.15) is 0 Å². The molecule has 0 unspecified atom stereocenters. The molecule has 0 saturated heterocycles.